The molecule has 0 atom stereocenters. The van der Waals surface area contributed by atoms with E-state index in [2.05, 4.69) is 25.6 Å². The third kappa shape index (κ3) is 3.27. The van der Waals surface area contributed by atoms with E-state index in [-0.39, 0.29) is 0 Å². The van der Waals surface area contributed by atoms with Gasteiger partial charge in [-0.3, -0.25) is 0 Å². The first kappa shape index (κ1) is 16.9. The monoisotopic (exact) mass is 372 g/mol. The Morgan fingerprint density at radius 2 is 2.00 bits per heavy atom. The highest BCUT2D eigenvalue weighted by Crippen LogP contribution is 2.36. The maximum Gasteiger partial charge on any atom is 0.179 e. The summed E-state index contributed by atoms with van der Waals surface area (Å²) in [5.41, 5.74) is 2.37. The number of piperazine rings is 1. The molecule has 0 bridgehead atoms. The Kier molecular flexibility index (Phi) is 4.81. The van der Waals surface area contributed by atoms with Crippen LogP contribution in [0.1, 0.15) is 6.92 Å². The van der Waals surface area contributed by atoms with Crippen LogP contribution in [-0.4, -0.2) is 47.4 Å². The summed E-state index contributed by atoms with van der Waals surface area (Å²) in [4.78, 5) is 6.60. The summed E-state index contributed by atoms with van der Waals surface area (Å²) in [6.07, 6.45) is 3.56. The van der Waals surface area contributed by atoms with E-state index in [0.717, 1.165) is 49.1 Å². The minimum absolute atomic E-state index is 0.583. The molecule has 1 aliphatic heterocycles. The number of anilines is 3. The number of ether oxygens (including phenoxy) is 1. The molecule has 1 fully saturated rings. The predicted molar refractivity (Wildman–Crippen MR) is 104 cm³/mol. The first-order valence-corrected chi connectivity index (χ1v) is 9.12. The predicted octanol–water partition coefficient (Wildman–Crippen LogP) is 2.93. The van der Waals surface area contributed by atoms with Crippen molar-refractivity contribution >= 4 is 34.4 Å². The highest BCUT2D eigenvalue weighted by atomic mass is 35.5. The molecule has 136 valence electrons. The van der Waals surface area contributed by atoms with Crippen LogP contribution < -0.4 is 20.3 Å². The van der Waals surface area contributed by atoms with Gasteiger partial charge in [-0.25, -0.2) is 9.50 Å². The lowest BCUT2D eigenvalue weighted by atomic mass is 10.2. The van der Waals surface area contributed by atoms with Crippen molar-refractivity contribution in [3.63, 3.8) is 0 Å². The van der Waals surface area contributed by atoms with Crippen molar-refractivity contribution in [1.82, 2.24) is 19.9 Å². The zero-order valence-corrected chi connectivity index (χ0v) is 15.3. The standard InChI is InChI=1S/C18H21ClN6O/c1-2-26-14-5-3-13(4-6-14)22-16-15(19)17(24-10-7-20-8-11-24)23-25-12-9-21-18(16)25/h3-6,9,12,20,22H,2,7-8,10-11H2,1H3. The fraction of sp³-hybridized carbons (Fsp3) is 0.333. The normalized spacial score (nSPS) is 14.6. The van der Waals surface area contributed by atoms with Gasteiger partial charge in [0.15, 0.2) is 11.5 Å². The maximum absolute atomic E-state index is 6.74. The Morgan fingerprint density at radius 3 is 2.73 bits per heavy atom. The molecule has 2 N–H and O–H groups in total. The molecule has 26 heavy (non-hydrogen) atoms. The van der Waals surface area contributed by atoms with Gasteiger partial charge in [0, 0.05) is 44.3 Å². The fourth-order valence-electron chi connectivity index (χ4n) is 3.05. The summed E-state index contributed by atoms with van der Waals surface area (Å²) in [7, 11) is 0. The Balaban J connectivity index is 1.70. The summed E-state index contributed by atoms with van der Waals surface area (Å²) >= 11 is 6.74. The van der Waals surface area contributed by atoms with Crippen LogP contribution in [-0.2, 0) is 0 Å². The van der Waals surface area contributed by atoms with Gasteiger partial charge in [-0.1, -0.05) is 11.6 Å². The van der Waals surface area contributed by atoms with Crippen LogP contribution in [0.3, 0.4) is 0 Å². The van der Waals surface area contributed by atoms with Crippen molar-refractivity contribution in [3.05, 3.63) is 41.7 Å². The molecule has 7 nitrogen and oxygen atoms in total. The first-order valence-electron chi connectivity index (χ1n) is 8.74. The fourth-order valence-corrected chi connectivity index (χ4v) is 3.34. The molecular formula is C18H21ClN6O. The van der Waals surface area contributed by atoms with Crippen LogP contribution in [0.4, 0.5) is 17.2 Å². The number of aromatic nitrogens is 3. The molecule has 2 aromatic heterocycles. The molecule has 0 aliphatic carbocycles. The van der Waals surface area contributed by atoms with E-state index >= 15 is 0 Å². The second-order valence-electron chi connectivity index (χ2n) is 6.03. The van der Waals surface area contributed by atoms with E-state index in [1.165, 1.54) is 0 Å². The van der Waals surface area contributed by atoms with Crippen molar-refractivity contribution < 1.29 is 4.74 Å². The van der Waals surface area contributed by atoms with Crippen molar-refractivity contribution in [3.8, 4) is 5.75 Å². The molecule has 3 aromatic rings. The van der Waals surface area contributed by atoms with Crippen molar-refractivity contribution in [2.75, 3.05) is 43.0 Å². The van der Waals surface area contributed by atoms with Crippen LogP contribution in [0.15, 0.2) is 36.7 Å². The third-order valence-electron chi connectivity index (χ3n) is 4.31. The van der Waals surface area contributed by atoms with E-state index in [1.54, 1.807) is 10.7 Å². The third-order valence-corrected chi connectivity index (χ3v) is 4.67. The molecule has 0 spiro atoms. The summed E-state index contributed by atoms with van der Waals surface area (Å²) in [5.74, 6) is 1.61. The van der Waals surface area contributed by atoms with Gasteiger partial charge in [0.2, 0.25) is 0 Å². The number of fused-ring (bicyclic) bond motifs is 1. The van der Waals surface area contributed by atoms with Gasteiger partial charge in [-0.15, -0.1) is 5.10 Å². The van der Waals surface area contributed by atoms with Gasteiger partial charge in [-0.05, 0) is 31.2 Å². The van der Waals surface area contributed by atoms with E-state index in [0.29, 0.717) is 17.3 Å². The number of benzene rings is 1. The number of hydrogen-bond acceptors (Lipinski definition) is 6. The highest BCUT2D eigenvalue weighted by Gasteiger charge is 2.21. The molecule has 0 amide bonds. The Labute approximate surface area is 156 Å². The minimum Gasteiger partial charge on any atom is -0.494 e. The number of rotatable bonds is 5. The Hall–Kier alpha value is -2.51. The molecular weight excluding hydrogens is 352 g/mol. The van der Waals surface area contributed by atoms with Crippen molar-refractivity contribution in [2.45, 2.75) is 6.92 Å². The van der Waals surface area contributed by atoms with Gasteiger partial charge < -0.3 is 20.3 Å². The average molecular weight is 373 g/mol. The zero-order chi connectivity index (χ0) is 17.9. The molecule has 1 saturated heterocycles. The quantitative estimate of drug-likeness (QED) is 0.717. The molecule has 0 saturated carbocycles. The van der Waals surface area contributed by atoms with Crippen LogP contribution in [0.2, 0.25) is 5.02 Å². The molecule has 8 heteroatoms. The van der Waals surface area contributed by atoms with E-state index in [9.17, 15) is 0 Å². The molecule has 4 rings (SSSR count). The first-order chi connectivity index (χ1) is 12.8. The minimum atomic E-state index is 0.583. The SMILES string of the molecule is CCOc1ccc(Nc2c(Cl)c(N3CCNCC3)nn3ccnc23)cc1. The van der Waals surface area contributed by atoms with Gasteiger partial charge in [0.1, 0.15) is 16.5 Å². The lowest BCUT2D eigenvalue weighted by molar-refractivity contribution is 0.340. The number of nitrogens with zero attached hydrogens (tertiary/aromatic N) is 4. The molecule has 1 aliphatic rings. The number of halogens is 1. The van der Waals surface area contributed by atoms with Gasteiger partial charge in [0.25, 0.3) is 0 Å². The lowest BCUT2D eigenvalue weighted by Gasteiger charge is -2.29. The van der Waals surface area contributed by atoms with Gasteiger partial charge in [0.05, 0.1) is 6.61 Å². The zero-order valence-electron chi connectivity index (χ0n) is 14.6. The average Bonchev–Trinajstić information content (AvgIpc) is 3.14. The topological polar surface area (TPSA) is 66.7 Å². The maximum atomic E-state index is 6.74. The summed E-state index contributed by atoms with van der Waals surface area (Å²) in [5, 5.41) is 12.0. The lowest BCUT2D eigenvalue weighted by Crippen LogP contribution is -2.44. The van der Waals surface area contributed by atoms with Crippen LogP contribution in [0, 0.1) is 0 Å². The second kappa shape index (κ2) is 7.39. The van der Waals surface area contributed by atoms with Crippen molar-refractivity contribution in [1.29, 1.82) is 0 Å². The van der Waals surface area contributed by atoms with E-state index in [1.807, 2.05) is 37.4 Å². The smallest absolute Gasteiger partial charge is 0.179 e. The van der Waals surface area contributed by atoms with Crippen LogP contribution in [0.25, 0.3) is 5.65 Å². The Bertz CT molecular complexity index is 889. The van der Waals surface area contributed by atoms with Crippen LogP contribution in [0.5, 0.6) is 5.75 Å². The van der Waals surface area contributed by atoms with Gasteiger partial charge >= 0.3 is 0 Å². The number of hydrogen-bond donors (Lipinski definition) is 2. The molecule has 1 aromatic carbocycles. The van der Waals surface area contributed by atoms with Crippen LogP contribution >= 0.6 is 11.6 Å². The summed E-state index contributed by atoms with van der Waals surface area (Å²) < 4.78 is 7.26. The van der Waals surface area contributed by atoms with Crippen molar-refractivity contribution in [2.24, 2.45) is 0 Å². The molecule has 0 unspecified atom stereocenters. The molecule has 3 heterocycles. The summed E-state index contributed by atoms with van der Waals surface area (Å²) in [6.45, 7) is 6.19. The highest BCUT2D eigenvalue weighted by molar-refractivity contribution is 6.36. The Morgan fingerprint density at radius 1 is 1.23 bits per heavy atom. The van der Waals surface area contributed by atoms with E-state index < -0.39 is 0 Å². The summed E-state index contributed by atoms with van der Waals surface area (Å²) in [6, 6.07) is 7.79. The largest absolute Gasteiger partial charge is 0.494 e. The number of nitrogens with one attached hydrogen (secondary N) is 2. The van der Waals surface area contributed by atoms with E-state index in [4.69, 9.17) is 16.3 Å². The van der Waals surface area contributed by atoms with Gasteiger partial charge in [-0.2, -0.15) is 0 Å². The number of imidazole rings is 1. The second-order valence-corrected chi connectivity index (χ2v) is 6.41. The molecule has 0 radical (unpaired) electrons.